The van der Waals surface area contributed by atoms with Crippen LogP contribution in [-0.4, -0.2) is 9.97 Å². The summed E-state index contributed by atoms with van der Waals surface area (Å²) >= 11 is 1.71. The number of fused-ring (bicyclic) bond motifs is 1. The normalized spacial score (nSPS) is 24.6. The van der Waals surface area contributed by atoms with Crippen LogP contribution in [0, 0.1) is 12.8 Å². The number of anilines is 1. The Hall–Kier alpha value is -1.16. The lowest BCUT2D eigenvalue weighted by Crippen LogP contribution is -2.04. The summed E-state index contributed by atoms with van der Waals surface area (Å²) in [5.41, 5.74) is 6.03. The van der Waals surface area contributed by atoms with Gasteiger partial charge in [-0.2, -0.15) is 0 Å². The van der Waals surface area contributed by atoms with Gasteiger partial charge in [0.05, 0.1) is 5.39 Å². The highest BCUT2D eigenvalue weighted by atomic mass is 32.1. The van der Waals surface area contributed by atoms with E-state index in [0.717, 1.165) is 22.0 Å². The lowest BCUT2D eigenvalue weighted by molar-refractivity contribution is 0.587. The van der Waals surface area contributed by atoms with Crippen molar-refractivity contribution in [2.24, 2.45) is 5.92 Å². The van der Waals surface area contributed by atoms with Crippen molar-refractivity contribution < 1.29 is 0 Å². The van der Waals surface area contributed by atoms with E-state index in [1.54, 1.807) is 11.3 Å². The van der Waals surface area contributed by atoms with Gasteiger partial charge >= 0.3 is 0 Å². The standard InChI is InChI=1S/C13H17N3S/c1-7-3-4-9(5-7)12-15-11(14)10-6-8(2)17-13(10)16-12/h6-7,9H,3-5H2,1-2H3,(H2,14,15,16). The zero-order valence-electron chi connectivity index (χ0n) is 10.2. The first kappa shape index (κ1) is 11.0. The van der Waals surface area contributed by atoms with Gasteiger partial charge in [-0.05, 0) is 38.2 Å². The zero-order chi connectivity index (χ0) is 12.0. The predicted octanol–water partition coefficient (Wildman–Crippen LogP) is 3.49. The molecule has 0 amide bonds. The van der Waals surface area contributed by atoms with Gasteiger partial charge in [0.15, 0.2) is 0 Å². The van der Waals surface area contributed by atoms with E-state index in [1.807, 2.05) is 0 Å². The summed E-state index contributed by atoms with van der Waals surface area (Å²) in [6.07, 6.45) is 3.70. The van der Waals surface area contributed by atoms with Crippen LogP contribution in [0.1, 0.15) is 42.8 Å². The summed E-state index contributed by atoms with van der Waals surface area (Å²) < 4.78 is 0. The van der Waals surface area contributed by atoms with Gasteiger partial charge in [0.25, 0.3) is 0 Å². The monoisotopic (exact) mass is 247 g/mol. The molecule has 1 fully saturated rings. The SMILES string of the molecule is Cc1cc2c(N)nc(C3CCC(C)C3)nc2s1. The highest BCUT2D eigenvalue weighted by Gasteiger charge is 2.25. The Bertz CT molecular complexity index is 561. The molecule has 3 nitrogen and oxygen atoms in total. The van der Waals surface area contributed by atoms with Gasteiger partial charge in [0.2, 0.25) is 0 Å². The van der Waals surface area contributed by atoms with Gasteiger partial charge in [0, 0.05) is 10.8 Å². The molecule has 0 saturated heterocycles. The first-order valence-corrected chi connectivity index (χ1v) is 6.98. The molecule has 0 radical (unpaired) electrons. The second-order valence-electron chi connectivity index (χ2n) is 5.16. The predicted molar refractivity (Wildman–Crippen MR) is 72.3 cm³/mol. The van der Waals surface area contributed by atoms with Crippen molar-refractivity contribution in [3.63, 3.8) is 0 Å². The number of rotatable bonds is 1. The maximum Gasteiger partial charge on any atom is 0.135 e. The zero-order valence-corrected chi connectivity index (χ0v) is 11.0. The molecule has 2 unspecified atom stereocenters. The molecular weight excluding hydrogens is 230 g/mol. The lowest BCUT2D eigenvalue weighted by atomic mass is 10.1. The Morgan fingerprint density at radius 3 is 2.88 bits per heavy atom. The molecule has 2 aromatic rings. The maximum absolute atomic E-state index is 6.03. The van der Waals surface area contributed by atoms with Crippen molar-refractivity contribution in [1.29, 1.82) is 0 Å². The van der Waals surface area contributed by atoms with E-state index in [4.69, 9.17) is 10.7 Å². The third-order valence-corrected chi connectivity index (χ3v) is 4.57. The van der Waals surface area contributed by atoms with E-state index in [2.05, 4.69) is 24.9 Å². The molecule has 2 atom stereocenters. The van der Waals surface area contributed by atoms with Crippen molar-refractivity contribution in [2.45, 2.75) is 39.0 Å². The first-order valence-electron chi connectivity index (χ1n) is 6.17. The fraction of sp³-hybridized carbons (Fsp3) is 0.538. The third kappa shape index (κ3) is 1.90. The van der Waals surface area contributed by atoms with Crippen LogP contribution in [0.3, 0.4) is 0 Å². The Labute approximate surface area is 105 Å². The Morgan fingerprint density at radius 1 is 1.35 bits per heavy atom. The largest absolute Gasteiger partial charge is 0.383 e. The molecular formula is C13H17N3S. The maximum atomic E-state index is 6.03. The lowest BCUT2D eigenvalue weighted by Gasteiger charge is -2.08. The second-order valence-corrected chi connectivity index (χ2v) is 6.39. The highest BCUT2D eigenvalue weighted by Crippen LogP contribution is 2.38. The van der Waals surface area contributed by atoms with Crippen LogP contribution >= 0.6 is 11.3 Å². The van der Waals surface area contributed by atoms with E-state index < -0.39 is 0 Å². The van der Waals surface area contributed by atoms with Crippen molar-refractivity contribution in [3.05, 3.63) is 16.8 Å². The first-order chi connectivity index (χ1) is 8.13. The molecule has 0 aromatic carbocycles. The van der Waals surface area contributed by atoms with E-state index >= 15 is 0 Å². The van der Waals surface area contributed by atoms with Crippen LogP contribution in [0.2, 0.25) is 0 Å². The number of hydrogen-bond donors (Lipinski definition) is 1. The second kappa shape index (κ2) is 3.95. The van der Waals surface area contributed by atoms with Crippen molar-refractivity contribution in [2.75, 3.05) is 5.73 Å². The number of aromatic nitrogens is 2. The molecule has 17 heavy (non-hydrogen) atoms. The summed E-state index contributed by atoms with van der Waals surface area (Å²) in [6.45, 7) is 4.39. The van der Waals surface area contributed by atoms with Crippen LogP contribution in [0.5, 0.6) is 0 Å². The number of thiophene rings is 1. The molecule has 2 aromatic heterocycles. The molecule has 0 bridgehead atoms. The van der Waals surface area contributed by atoms with Gasteiger partial charge in [-0.25, -0.2) is 9.97 Å². The average Bonchev–Trinajstić information content (AvgIpc) is 2.83. The van der Waals surface area contributed by atoms with Crippen molar-refractivity contribution in [3.8, 4) is 0 Å². The summed E-state index contributed by atoms with van der Waals surface area (Å²) in [7, 11) is 0. The topological polar surface area (TPSA) is 51.8 Å². The number of nitrogens with two attached hydrogens (primary N) is 1. The summed E-state index contributed by atoms with van der Waals surface area (Å²) in [5, 5.41) is 1.02. The molecule has 2 N–H and O–H groups in total. The molecule has 0 aliphatic heterocycles. The number of nitrogens with zero attached hydrogens (tertiary/aromatic N) is 2. The number of nitrogen functional groups attached to an aromatic ring is 1. The minimum absolute atomic E-state index is 0.513. The summed E-state index contributed by atoms with van der Waals surface area (Å²) in [4.78, 5) is 11.5. The van der Waals surface area contributed by atoms with Crippen LogP contribution in [0.4, 0.5) is 5.82 Å². The Morgan fingerprint density at radius 2 is 2.18 bits per heavy atom. The van der Waals surface area contributed by atoms with Gasteiger partial charge in [-0.1, -0.05) is 6.92 Å². The van der Waals surface area contributed by atoms with Gasteiger partial charge < -0.3 is 5.73 Å². The fourth-order valence-electron chi connectivity index (χ4n) is 2.71. The van der Waals surface area contributed by atoms with Gasteiger partial charge in [-0.15, -0.1) is 11.3 Å². The Balaban J connectivity index is 2.05. The molecule has 1 saturated carbocycles. The quantitative estimate of drug-likeness (QED) is 0.839. The smallest absolute Gasteiger partial charge is 0.135 e. The average molecular weight is 247 g/mol. The third-order valence-electron chi connectivity index (χ3n) is 3.62. The van der Waals surface area contributed by atoms with Crippen molar-refractivity contribution in [1.82, 2.24) is 9.97 Å². The molecule has 90 valence electrons. The molecule has 4 heteroatoms. The molecule has 1 aliphatic rings. The van der Waals surface area contributed by atoms with Crippen LogP contribution in [0.25, 0.3) is 10.2 Å². The van der Waals surface area contributed by atoms with Crippen LogP contribution in [-0.2, 0) is 0 Å². The summed E-state index contributed by atoms with van der Waals surface area (Å²) in [5.74, 6) is 2.92. The van der Waals surface area contributed by atoms with Gasteiger partial charge in [0.1, 0.15) is 16.5 Å². The Kier molecular flexibility index (Phi) is 2.54. The van der Waals surface area contributed by atoms with Gasteiger partial charge in [-0.3, -0.25) is 0 Å². The van der Waals surface area contributed by atoms with E-state index in [9.17, 15) is 0 Å². The van der Waals surface area contributed by atoms with E-state index in [1.165, 1.54) is 24.1 Å². The minimum Gasteiger partial charge on any atom is -0.383 e. The molecule has 3 rings (SSSR count). The summed E-state index contributed by atoms with van der Waals surface area (Å²) in [6, 6.07) is 2.08. The van der Waals surface area contributed by atoms with E-state index in [-0.39, 0.29) is 0 Å². The number of hydrogen-bond acceptors (Lipinski definition) is 4. The van der Waals surface area contributed by atoms with Crippen LogP contribution < -0.4 is 5.73 Å². The molecule has 1 aliphatic carbocycles. The van der Waals surface area contributed by atoms with Crippen LogP contribution in [0.15, 0.2) is 6.07 Å². The van der Waals surface area contributed by atoms with Crippen molar-refractivity contribution >= 4 is 27.4 Å². The minimum atomic E-state index is 0.513. The fourth-order valence-corrected chi connectivity index (χ4v) is 3.60. The molecule has 2 heterocycles. The van der Waals surface area contributed by atoms with E-state index in [0.29, 0.717) is 11.7 Å². The number of aryl methyl sites for hydroxylation is 1. The highest BCUT2D eigenvalue weighted by molar-refractivity contribution is 7.18. The molecule has 0 spiro atoms.